The Morgan fingerprint density at radius 2 is 1.81 bits per heavy atom. The summed E-state index contributed by atoms with van der Waals surface area (Å²) in [7, 11) is 1.82. The van der Waals surface area contributed by atoms with Crippen molar-refractivity contribution < 1.29 is 18.7 Å². The molecular formula is C28H31FN4O3. The zero-order valence-corrected chi connectivity index (χ0v) is 21.2. The van der Waals surface area contributed by atoms with Crippen LogP contribution >= 0.6 is 0 Å². The lowest BCUT2D eigenvalue weighted by molar-refractivity contribution is -0.131. The van der Waals surface area contributed by atoms with Gasteiger partial charge < -0.3 is 20.2 Å². The van der Waals surface area contributed by atoms with Crippen LogP contribution in [0.5, 0.6) is 11.5 Å². The molecule has 0 saturated carbocycles. The van der Waals surface area contributed by atoms with E-state index in [2.05, 4.69) is 28.6 Å². The molecule has 0 bridgehead atoms. The fourth-order valence-electron chi connectivity index (χ4n) is 3.18. The van der Waals surface area contributed by atoms with E-state index in [4.69, 9.17) is 4.74 Å². The maximum absolute atomic E-state index is 12.6. The number of nitrogens with one attached hydrogen (secondary N) is 2. The number of pyridine rings is 1. The van der Waals surface area contributed by atoms with Gasteiger partial charge in [-0.3, -0.25) is 9.78 Å². The Balaban J connectivity index is 0.000000261. The molecule has 188 valence electrons. The number of carbonyl (C=O) groups excluding carboxylic acids is 2. The number of nitriles is 1. The van der Waals surface area contributed by atoms with Crippen LogP contribution in [0.1, 0.15) is 44.0 Å². The Morgan fingerprint density at radius 3 is 2.36 bits per heavy atom. The molecule has 3 aromatic rings. The first-order valence-electron chi connectivity index (χ1n) is 11.6. The zero-order chi connectivity index (χ0) is 26.7. The number of nitrogens with zero attached hydrogens (tertiary/aromatic N) is 2. The molecule has 0 aliphatic rings. The molecule has 1 atom stereocenters. The number of hydrogen-bond donors (Lipinski definition) is 2. The molecule has 0 fully saturated rings. The summed E-state index contributed by atoms with van der Waals surface area (Å²) in [6.45, 7) is 7.35. The van der Waals surface area contributed by atoms with Crippen LogP contribution in [0.3, 0.4) is 0 Å². The number of benzene rings is 2. The third-order valence-corrected chi connectivity index (χ3v) is 5.81. The average molecular weight is 491 g/mol. The number of aryl methyl sites for hydroxylation is 1. The first kappa shape index (κ1) is 28.0. The molecule has 2 N–H and O–H groups in total. The molecule has 0 aliphatic heterocycles. The summed E-state index contributed by atoms with van der Waals surface area (Å²) >= 11 is 0. The molecule has 0 spiro atoms. The number of halogens is 1. The smallest absolute Gasteiger partial charge is 0.237 e. The van der Waals surface area contributed by atoms with Gasteiger partial charge >= 0.3 is 0 Å². The van der Waals surface area contributed by atoms with Crippen LogP contribution in [0.25, 0.3) is 0 Å². The normalized spacial score (nSPS) is 11.7. The molecule has 36 heavy (non-hydrogen) atoms. The van der Waals surface area contributed by atoms with E-state index in [0.29, 0.717) is 29.7 Å². The van der Waals surface area contributed by atoms with E-state index in [1.165, 1.54) is 24.3 Å². The Bertz CT molecular complexity index is 1240. The monoisotopic (exact) mass is 490 g/mol. The minimum Gasteiger partial charge on any atom is -0.456 e. The average Bonchev–Trinajstić information content (AvgIpc) is 2.90. The third-order valence-electron chi connectivity index (χ3n) is 5.81. The van der Waals surface area contributed by atoms with Gasteiger partial charge in [-0.25, -0.2) is 4.39 Å². The highest BCUT2D eigenvalue weighted by atomic mass is 19.1. The van der Waals surface area contributed by atoms with Gasteiger partial charge in [-0.15, -0.1) is 0 Å². The summed E-state index contributed by atoms with van der Waals surface area (Å²) in [5, 5.41) is 14.8. The van der Waals surface area contributed by atoms with E-state index < -0.39 is 5.41 Å². The van der Waals surface area contributed by atoms with Crippen molar-refractivity contribution >= 4 is 23.6 Å². The van der Waals surface area contributed by atoms with Crippen LogP contribution in [0, 0.1) is 29.5 Å². The minimum atomic E-state index is -1.03. The second kappa shape index (κ2) is 13.0. The molecule has 1 amide bonds. The molecule has 0 aliphatic carbocycles. The molecule has 7 nitrogen and oxygen atoms in total. The van der Waals surface area contributed by atoms with Crippen LogP contribution in [0.2, 0.25) is 0 Å². The fraction of sp³-hybridized carbons (Fsp3) is 0.286. The maximum atomic E-state index is 12.6. The number of carbonyl (C=O) groups is 2. The van der Waals surface area contributed by atoms with Crippen molar-refractivity contribution in [2.45, 2.75) is 40.5 Å². The number of aldehydes is 1. The Kier molecular flexibility index (Phi) is 10.1. The van der Waals surface area contributed by atoms with Crippen molar-refractivity contribution in [2.24, 2.45) is 5.41 Å². The second-order valence-electron chi connectivity index (χ2n) is 8.25. The van der Waals surface area contributed by atoms with Gasteiger partial charge in [-0.1, -0.05) is 13.8 Å². The molecule has 3 rings (SSSR count). The summed E-state index contributed by atoms with van der Waals surface area (Å²) in [5.74, 6) is 0.573. The van der Waals surface area contributed by atoms with Crippen molar-refractivity contribution in [3.63, 3.8) is 0 Å². The van der Waals surface area contributed by atoms with E-state index >= 15 is 0 Å². The molecule has 2 aromatic carbocycles. The predicted molar refractivity (Wildman–Crippen MR) is 139 cm³/mol. The Hall–Kier alpha value is -4.25. The topological polar surface area (TPSA) is 104 Å². The van der Waals surface area contributed by atoms with Gasteiger partial charge in [0.2, 0.25) is 5.91 Å². The standard InChI is InChI=1S/C16H17N3O.C12H14FNO2/c1-4-14-11(2)19-8-7-16(14)20-15-6-5-13(18-3)9-12(15)10-17;1-3-12(2,8-15)11(16)14-10-6-4-9(13)5-7-10/h5-9,18H,4H2,1-3H3;4-8H,3H2,1-2H3,(H,14,16). The summed E-state index contributed by atoms with van der Waals surface area (Å²) < 4.78 is 18.5. The van der Waals surface area contributed by atoms with Crippen LogP contribution in [-0.2, 0) is 16.0 Å². The van der Waals surface area contributed by atoms with Crippen LogP contribution < -0.4 is 15.4 Å². The highest BCUT2D eigenvalue weighted by molar-refractivity contribution is 6.04. The van der Waals surface area contributed by atoms with E-state index in [1.807, 2.05) is 26.1 Å². The van der Waals surface area contributed by atoms with E-state index in [0.717, 1.165) is 29.1 Å². The third kappa shape index (κ3) is 7.12. The second-order valence-corrected chi connectivity index (χ2v) is 8.25. The van der Waals surface area contributed by atoms with Gasteiger partial charge in [0.15, 0.2) is 0 Å². The molecule has 1 unspecified atom stereocenters. The van der Waals surface area contributed by atoms with Gasteiger partial charge in [-0.05, 0) is 75.2 Å². The SMILES string of the molecule is CCC(C)(C=O)C(=O)Nc1ccc(F)cc1.CCc1c(Oc2ccc(NC)cc2C#N)ccnc1C. The van der Waals surface area contributed by atoms with Crippen molar-refractivity contribution in [2.75, 3.05) is 17.7 Å². The van der Waals surface area contributed by atoms with Crippen LogP contribution in [-0.4, -0.2) is 24.2 Å². The molecule has 0 radical (unpaired) electrons. The van der Waals surface area contributed by atoms with Crippen molar-refractivity contribution in [3.05, 3.63) is 77.4 Å². The number of hydrogen-bond acceptors (Lipinski definition) is 6. The maximum Gasteiger partial charge on any atom is 0.237 e. The Morgan fingerprint density at radius 1 is 1.14 bits per heavy atom. The number of anilines is 2. The van der Waals surface area contributed by atoms with E-state index in [1.54, 1.807) is 32.2 Å². The number of rotatable bonds is 8. The zero-order valence-electron chi connectivity index (χ0n) is 21.2. The van der Waals surface area contributed by atoms with Crippen molar-refractivity contribution in [1.29, 1.82) is 5.26 Å². The van der Waals surface area contributed by atoms with Gasteiger partial charge in [0, 0.05) is 35.9 Å². The quantitative estimate of drug-likeness (QED) is 0.295. The van der Waals surface area contributed by atoms with Gasteiger partial charge in [0.1, 0.15) is 35.1 Å². The Labute approximate surface area is 211 Å². The lowest BCUT2D eigenvalue weighted by atomic mass is 9.88. The fourth-order valence-corrected chi connectivity index (χ4v) is 3.18. The number of ether oxygens (including phenoxy) is 1. The number of amides is 1. The summed E-state index contributed by atoms with van der Waals surface area (Å²) in [4.78, 5) is 26.8. The minimum absolute atomic E-state index is 0.369. The van der Waals surface area contributed by atoms with Gasteiger partial charge in [0.25, 0.3) is 0 Å². The molecule has 0 saturated heterocycles. The van der Waals surface area contributed by atoms with Crippen LogP contribution in [0.15, 0.2) is 54.7 Å². The summed E-state index contributed by atoms with van der Waals surface area (Å²) in [6, 6.07) is 14.9. The highest BCUT2D eigenvalue weighted by Gasteiger charge is 2.30. The summed E-state index contributed by atoms with van der Waals surface area (Å²) in [5.41, 5.74) is 2.86. The van der Waals surface area contributed by atoms with E-state index in [-0.39, 0.29) is 11.7 Å². The van der Waals surface area contributed by atoms with Crippen molar-refractivity contribution in [1.82, 2.24) is 4.98 Å². The largest absolute Gasteiger partial charge is 0.456 e. The molecule has 8 heteroatoms. The van der Waals surface area contributed by atoms with Gasteiger partial charge in [0.05, 0.1) is 5.56 Å². The molecule has 1 heterocycles. The lowest BCUT2D eigenvalue weighted by Gasteiger charge is -2.19. The van der Waals surface area contributed by atoms with E-state index in [9.17, 15) is 19.2 Å². The van der Waals surface area contributed by atoms with Gasteiger partial charge in [-0.2, -0.15) is 5.26 Å². The lowest BCUT2D eigenvalue weighted by Crippen LogP contribution is -2.34. The molecular weight excluding hydrogens is 459 g/mol. The predicted octanol–water partition coefficient (Wildman–Crippen LogP) is 6.04. The number of aromatic nitrogens is 1. The molecule has 1 aromatic heterocycles. The first-order chi connectivity index (χ1) is 17.2. The van der Waals surface area contributed by atoms with Crippen molar-refractivity contribution in [3.8, 4) is 17.6 Å². The highest BCUT2D eigenvalue weighted by Crippen LogP contribution is 2.30. The summed E-state index contributed by atoms with van der Waals surface area (Å²) in [6.07, 6.45) is 3.61. The first-order valence-corrected chi connectivity index (χ1v) is 11.6. The van der Waals surface area contributed by atoms with Crippen LogP contribution in [0.4, 0.5) is 15.8 Å².